The van der Waals surface area contributed by atoms with Gasteiger partial charge in [0.05, 0.1) is 13.2 Å². The third-order valence-corrected chi connectivity index (χ3v) is 3.21. The van der Waals surface area contributed by atoms with Crippen molar-refractivity contribution in [3.05, 3.63) is 29.3 Å². The van der Waals surface area contributed by atoms with Gasteiger partial charge in [-0.15, -0.1) is 0 Å². The van der Waals surface area contributed by atoms with Gasteiger partial charge in [0.2, 0.25) is 0 Å². The molecule has 1 aromatic rings. The van der Waals surface area contributed by atoms with Gasteiger partial charge < -0.3 is 10.1 Å². The first kappa shape index (κ1) is 14.7. The molecule has 0 aromatic heterocycles. The number of hydrogen-bond acceptors (Lipinski definition) is 3. The fourth-order valence-electron chi connectivity index (χ4n) is 2.15. The van der Waals surface area contributed by atoms with Crippen LogP contribution in [0.3, 0.4) is 0 Å². The number of aryl methyl sites for hydroxylation is 1. The van der Waals surface area contributed by atoms with Crippen molar-refractivity contribution in [3.8, 4) is 5.75 Å². The van der Waals surface area contributed by atoms with Crippen LogP contribution in [0.25, 0.3) is 0 Å². The topological polar surface area (TPSA) is 38.3 Å². The molecule has 0 aliphatic carbocycles. The van der Waals surface area contributed by atoms with Gasteiger partial charge >= 0.3 is 0 Å². The Morgan fingerprint density at radius 3 is 2.50 bits per heavy atom. The van der Waals surface area contributed by atoms with E-state index in [9.17, 15) is 4.79 Å². The summed E-state index contributed by atoms with van der Waals surface area (Å²) in [5.74, 6) is 1.26. The van der Waals surface area contributed by atoms with Crippen molar-refractivity contribution in [3.63, 3.8) is 0 Å². The number of carbonyl (C=O) groups is 1. The van der Waals surface area contributed by atoms with Crippen LogP contribution in [0, 0.1) is 5.92 Å². The van der Waals surface area contributed by atoms with Crippen LogP contribution in [0.4, 0.5) is 0 Å². The Morgan fingerprint density at radius 1 is 1.39 bits per heavy atom. The predicted octanol–water partition coefficient (Wildman–Crippen LogP) is 2.68. The van der Waals surface area contributed by atoms with Crippen molar-refractivity contribution in [1.82, 2.24) is 5.32 Å². The molecule has 1 atom stereocenters. The first-order valence-corrected chi connectivity index (χ1v) is 6.43. The Labute approximate surface area is 110 Å². The standard InChI is InChI=1S/C15H23NO2/c1-6-11-9-12(7-8-13(11)18-5)15(17)14(16-4)10(2)3/h7-10,14,16H,6H2,1-5H3. The molecule has 1 rings (SSSR count). The largest absolute Gasteiger partial charge is 0.496 e. The highest BCUT2D eigenvalue weighted by Gasteiger charge is 2.22. The maximum absolute atomic E-state index is 12.4. The average molecular weight is 249 g/mol. The molecule has 0 aliphatic rings. The molecular formula is C15H23NO2. The summed E-state index contributed by atoms with van der Waals surface area (Å²) in [5, 5.41) is 3.09. The molecule has 0 saturated heterocycles. The minimum atomic E-state index is -0.136. The van der Waals surface area contributed by atoms with E-state index in [0.29, 0.717) is 0 Å². The first-order valence-electron chi connectivity index (χ1n) is 6.43. The number of ether oxygens (including phenoxy) is 1. The van der Waals surface area contributed by atoms with Gasteiger partial charge in [-0.1, -0.05) is 20.8 Å². The quantitative estimate of drug-likeness (QED) is 0.788. The number of carbonyl (C=O) groups excluding carboxylic acids is 1. The average Bonchev–Trinajstić information content (AvgIpc) is 2.38. The van der Waals surface area contributed by atoms with Crippen molar-refractivity contribution < 1.29 is 9.53 Å². The third kappa shape index (κ3) is 3.10. The van der Waals surface area contributed by atoms with Crippen LogP contribution < -0.4 is 10.1 Å². The van der Waals surface area contributed by atoms with Crippen LogP contribution >= 0.6 is 0 Å². The minimum absolute atomic E-state index is 0.136. The summed E-state index contributed by atoms with van der Waals surface area (Å²) in [6.45, 7) is 6.15. The van der Waals surface area contributed by atoms with Gasteiger partial charge in [0.1, 0.15) is 5.75 Å². The van der Waals surface area contributed by atoms with Crippen molar-refractivity contribution in [2.75, 3.05) is 14.2 Å². The van der Waals surface area contributed by atoms with Crippen LogP contribution in [-0.4, -0.2) is 26.0 Å². The van der Waals surface area contributed by atoms with Crippen LogP contribution in [0.1, 0.15) is 36.7 Å². The molecule has 100 valence electrons. The molecule has 0 fully saturated rings. The number of ketones is 1. The molecule has 1 unspecified atom stereocenters. The Balaban J connectivity index is 3.06. The lowest BCUT2D eigenvalue weighted by molar-refractivity contribution is 0.0922. The molecular weight excluding hydrogens is 226 g/mol. The lowest BCUT2D eigenvalue weighted by Crippen LogP contribution is -2.38. The van der Waals surface area contributed by atoms with Crippen LogP contribution in [0.5, 0.6) is 5.75 Å². The van der Waals surface area contributed by atoms with Gasteiger partial charge in [0.15, 0.2) is 5.78 Å². The van der Waals surface area contributed by atoms with E-state index >= 15 is 0 Å². The molecule has 0 spiro atoms. The van der Waals surface area contributed by atoms with Crippen LogP contribution in [-0.2, 0) is 6.42 Å². The van der Waals surface area contributed by atoms with E-state index in [1.807, 2.05) is 39.1 Å². The lowest BCUT2D eigenvalue weighted by atomic mass is 9.93. The van der Waals surface area contributed by atoms with E-state index in [4.69, 9.17) is 4.74 Å². The molecule has 0 heterocycles. The van der Waals surface area contributed by atoms with E-state index in [1.165, 1.54) is 0 Å². The highest BCUT2D eigenvalue weighted by atomic mass is 16.5. The number of methoxy groups -OCH3 is 1. The number of likely N-dealkylation sites (N-methyl/N-ethyl adjacent to an activating group) is 1. The second-order valence-electron chi connectivity index (χ2n) is 4.75. The second kappa shape index (κ2) is 6.55. The summed E-state index contributed by atoms with van der Waals surface area (Å²) in [4.78, 5) is 12.4. The first-order chi connectivity index (χ1) is 8.54. The highest BCUT2D eigenvalue weighted by Crippen LogP contribution is 2.22. The van der Waals surface area contributed by atoms with Gasteiger partial charge in [-0.25, -0.2) is 0 Å². The number of nitrogens with one attached hydrogen (secondary N) is 1. The molecule has 1 N–H and O–H groups in total. The summed E-state index contributed by atoms with van der Waals surface area (Å²) >= 11 is 0. The molecule has 0 aliphatic heterocycles. The van der Waals surface area contributed by atoms with E-state index in [0.717, 1.165) is 23.3 Å². The molecule has 3 heteroatoms. The number of benzene rings is 1. The van der Waals surface area contributed by atoms with Gasteiger partial charge in [0.25, 0.3) is 0 Å². The van der Waals surface area contributed by atoms with Gasteiger partial charge in [0, 0.05) is 5.56 Å². The summed E-state index contributed by atoms with van der Waals surface area (Å²) in [5.41, 5.74) is 1.82. The van der Waals surface area contributed by atoms with Crippen molar-refractivity contribution in [2.24, 2.45) is 5.92 Å². The lowest BCUT2D eigenvalue weighted by Gasteiger charge is -2.19. The maximum Gasteiger partial charge on any atom is 0.179 e. The molecule has 3 nitrogen and oxygen atoms in total. The predicted molar refractivity (Wildman–Crippen MR) is 74.4 cm³/mol. The Morgan fingerprint density at radius 2 is 2.06 bits per heavy atom. The monoisotopic (exact) mass is 249 g/mol. The highest BCUT2D eigenvalue weighted by molar-refractivity contribution is 6.00. The summed E-state index contributed by atoms with van der Waals surface area (Å²) < 4.78 is 5.28. The Bertz CT molecular complexity index is 413. The number of Topliss-reactive ketones (excluding diaryl/α,β-unsaturated/α-hetero) is 1. The van der Waals surface area contributed by atoms with E-state index in [1.54, 1.807) is 7.11 Å². The Hall–Kier alpha value is -1.35. The summed E-state index contributed by atoms with van der Waals surface area (Å²) in [6.07, 6.45) is 0.857. The zero-order valence-electron chi connectivity index (χ0n) is 11.9. The van der Waals surface area contributed by atoms with Gasteiger partial charge in [-0.05, 0) is 43.1 Å². The second-order valence-corrected chi connectivity index (χ2v) is 4.75. The smallest absolute Gasteiger partial charge is 0.179 e. The normalized spacial score (nSPS) is 12.6. The molecule has 0 radical (unpaired) electrons. The fourth-order valence-corrected chi connectivity index (χ4v) is 2.15. The summed E-state index contributed by atoms with van der Waals surface area (Å²) in [6, 6.07) is 5.52. The van der Waals surface area contributed by atoms with Crippen LogP contribution in [0.15, 0.2) is 18.2 Å². The zero-order chi connectivity index (χ0) is 13.7. The third-order valence-electron chi connectivity index (χ3n) is 3.21. The zero-order valence-corrected chi connectivity index (χ0v) is 11.9. The molecule has 18 heavy (non-hydrogen) atoms. The SMILES string of the molecule is CCc1cc(C(=O)C(NC)C(C)C)ccc1OC. The Kier molecular flexibility index (Phi) is 5.35. The number of rotatable bonds is 6. The maximum atomic E-state index is 12.4. The molecule has 1 aromatic carbocycles. The molecule has 0 amide bonds. The fraction of sp³-hybridized carbons (Fsp3) is 0.533. The van der Waals surface area contributed by atoms with Gasteiger partial charge in [-0.3, -0.25) is 4.79 Å². The minimum Gasteiger partial charge on any atom is -0.496 e. The molecule has 0 saturated carbocycles. The van der Waals surface area contributed by atoms with E-state index in [2.05, 4.69) is 12.2 Å². The van der Waals surface area contributed by atoms with Crippen molar-refractivity contribution in [2.45, 2.75) is 33.2 Å². The molecule has 0 bridgehead atoms. The van der Waals surface area contributed by atoms with Gasteiger partial charge in [-0.2, -0.15) is 0 Å². The van der Waals surface area contributed by atoms with Crippen molar-refractivity contribution in [1.29, 1.82) is 0 Å². The summed E-state index contributed by atoms with van der Waals surface area (Å²) in [7, 11) is 3.48. The van der Waals surface area contributed by atoms with E-state index in [-0.39, 0.29) is 17.7 Å². The van der Waals surface area contributed by atoms with Crippen LogP contribution in [0.2, 0.25) is 0 Å². The van der Waals surface area contributed by atoms with Crippen molar-refractivity contribution >= 4 is 5.78 Å². The number of hydrogen-bond donors (Lipinski definition) is 1. The van der Waals surface area contributed by atoms with E-state index < -0.39 is 0 Å².